The lowest BCUT2D eigenvalue weighted by Gasteiger charge is -2.39. The second-order valence-electron chi connectivity index (χ2n) is 6.82. The number of hydrogen-bond donors (Lipinski definition) is 0. The molecule has 0 aromatic carbocycles. The average Bonchev–Trinajstić information content (AvgIpc) is 2.77. The van der Waals surface area contributed by atoms with Gasteiger partial charge in [0.2, 0.25) is 0 Å². The van der Waals surface area contributed by atoms with Crippen LogP contribution in [0.15, 0.2) is 18.5 Å². The number of hydrogen-bond acceptors (Lipinski definition) is 1. The summed E-state index contributed by atoms with van der Waals surface area (Å²) in [4.78, 5) is 14.7. The Morgan fingerprint density at radius 1 is 1.21 bits per heavy atom. The van der Waals surface area contributed by atoms with Gasteiger partial charge in [-0.2, -0.15) is 0 Å². The van der Waals surface area contributed by atoms with Gasteiger partial charge in [0.1, 0.15) is 0 Å². The largest absolute Gasteiger partial charge is 0.348 e. The normalized spacial score (nSPS) is 24.6. The summed E-state index contributed by atoms with van der Waals surface area (Å²) in [5.41, 5.74) is 0.841. The van der Waals surface area contributed by atoms with E-state index in [9.17, 15) is 4.79 Å². The lowest BCUT2D eigenvalue weighted by Crippen LogP contribution is -2.47. The summed E-state index contributed by atoms with van der Waals surface area (Å²) in [6.45, 7) is 10.8. The summed E-state index contributed by atoms with van der Waals surface area (Å²) < 4.78 is 2.11. The van der Waals surface area contributed by atoms with E-state index in [1.54, 1.807) is 0 Å². The number of rotatable bonds is 1. The van der Waals surface area contributed by atoms with Gasteiger partial charge in [0.15, 0.2) is 0 Å². The summed E-state index contributed by atoms with van der Waals surface area (Å²) in [6, 6.07) is 2.66. The van der Waals surface area contributed by atoms with E-state index in [0.717, 1.165) is 18.4 Å². The SMILES string of the molecule is CC1CCCC(C)N1C(=O)c1ccn(C(C)(C)C)c1. The molecular weight excluding hydrogens is 236 g/mol. The molecule has 1 fully saturated rings. The van der Waals surface area contributed by atoms with Crippen LogP contribution < -0.4 is 0 Å². The van der Waals surface area contributed by atoms with Crippen molar-refractivity contribution in [2.75, 3.05) is 0 Å². The van der Waals surface area contributed by atoms with E-state index < -0.39 is 0 Å². The Morgan fingerprint density at radius 3 is 2.26 bits per heavy atom. The van der Waals surface area contributed by atoms with Crippen LogP contribution in [0.1, 0.15) is 64.2 Å². The fraction of sp³-hybridized carbons (Fsp3) is 0.688. The molecule has 0 radical (unpaired) electrons. The van der Waals surface area contributed by atoms with Crippen molar-refractivity contribution in [1.29, 1.82) is 0 Å². The van der Waals surface area contributed by atoms with E-state index in [-0.39, 0.29) is 11.4 Å². The Bertz CT molecular complexity index is 446. The molecule has 2 unspecified atom stereocenters. The molecular formula is C16H26N2O. The zero-order chi connectivity index (χ0) is 14.2. The number of aromatic nitrogens is 1. The fourth-order valence-electron chi connectivity index (χ4n) is 2.91. The number of amides is 1. The molecule has 2 heterocycles. The lowest BCUT2D eigenvalue weighted by molar-refractivity contribution is 0.0510. The second kappa shape index (κ2) is 5.03. The Kier molecular flexibility index (Phi) is 3.75. The molecule has 2 rings (SSSR count). The van der Waals surface area contributed by atoms with Crippen LogP contribution in [0, 0.1) is 0 Å². The molecule has 1 aromatic rings. The zero-order valence-electron chi connectivity index (χ0n) is 12.8. The molecule has 2 atom stereocenters. The molecule has 1 aliphatic heterocycles. The highest BCUT2D eigenvalue weighted by Gasteiger charge is 2.30. The van der Waals surface area contributed by atoms with Crippen molar-refractivity contribution in [2.24, 2.45) is 0 Å². The summed E-state index contributed by atoms with van der Waals surface area (Å²) >= 11 is 0. The van der Waals surface area contributed by atoms with Crippen LogP contribution in [0.2, 0.25) is 0 Å². The summed E-state index contributed by atoms with van der Waals surface area (Å²) in [6.07, 6.45) is 7.46. The van der Waals surface area contributed by atoms with Crippen molar-refractivity contribution >= 4 is 5.91 Å². The molecule has 3 nitrogen and oxygen atoms in total. The third kappa shape index (κ3) is 2.85. The van der Waals surface area contributed by atoms with Crippen LogP contribution in [0.5, 0.6) is 0 Å². The van der Waals surface area contributed by atoms with Crippen molar-refractivity contribution in [3.8, 4) is 0 Å². The molecule has 0 N–H and O–H groups in total. The molecule has 1 saturated heterocycles. The van der Waals surface area contributed by atoms with Crippen molar-refractivity contribution < 1.29 is 4.79 Å². The van der Waals surface area contributed by atoms with Gasteiger partial charge in [-0.3, -0.25) is 4.79 Å². The highest BCUT2D eigenvalue weighted by molar-refractivity contribution is 5.94. The van der Waals surface area contributed by atoms with E-state index in [1.165, 1.54) is 6.42 Å². The van der Waals surface area contributed by atoms with Crippen LogP contribution in [0.4, 0.5) is 0 Å². The number of nitrogens with zero attached hydrogens (tertiary/aromatic N) is 2. The van der Waals surface area contributed by atoms with Crippen molar-refractivity contribution in [2.45, 2.75) is 71.5 Å². The highest BCUT2D eigenvalue weighted by atomic mass is 16.2. The van der Waals surface area contributed by atoms with E-state index in [0.29, 0.717) is 12.1 Å². The van der Waals surface area contributed by atoms with Crippen LogP contribution in [0.3, 0.4) is 0 Å². The summed E-state index contributed by atoms with van der Waals surface area (Å²) in [5.74, 6) is 0.183. The minimum atomic E-state index is 0.0255. The smallest absolute Gasteiger partial charge is 0.255 e. The van der Waals surface area contributed by atoms with Crippen LogP contribution >= 0.6 is 0 Å². The van der Waals surface area contributed by atoms with E-state index in [4.69, 9.17) is 0 Å². The molecule has 19 heavy (non-hydrogen) atoms. The average molecular weight is 262 g/mol. The Balaban J connectivity index is 2.21. The molecule has 0 spiro atoms. The van der Waals surface area contributed by atoms with Gasteiger partial charge in [0.05, 0.1) is 5.56 Å². The quantitative estimate of drug-likeness (QED) is 0.758. The molecule has 0 saturated carbocycles. The minimum Gasteiger partial charge on any atom is -0.348 e. The monoisotopic (exact) mass is 262 g/mol. The van der Waals surface area contributed by atoms with Gasteiger partial charge in [0, 0.05) is 30.0 Å². The first-order valence-electron chi connectivity index (χ1n) is 7.32. The zero-order valence-corrected chi connectivity index (χ0v) is 12.8. The number of likely N-dealkylation sites (tertiary alicyclic amines) is 1. The first-order chi connectivity index (χ1) is 8.80. The van der Waals surface area contributed by atoms with Crippen molar-refractivity contribution in [3.63, 3.8) is 0 Å². The van der Waals surface area contributed by atoms with E-state index in [1.807, 2.05) is 18.5 Å². The minimum absolute atomic E-state index is 0.0255. The second-order valence-corrected chi connectivity index (χ2v) is 6.82. The Labute approximate surface area is 116 Å². The third-order valence-corrected chi connectivity index (χ3v) is 4.14. The van der Waals surface area contributed by atoms with Gasteiger partial charge in [-0.1, -0.05) is 0 Å². The molecule has 0 bridgehead atoms. The predicted molar refractivity (Wildman–Crippen MR) is 78.4 cm³/mol. The molecule has 1 amide bonds. The Morgan fingerprint density at radius 2 is 1.79 bits per heavy atom. The number of carbonyl (C=O) groups excluding carboxylic acids is 1. The fourth-order valence-corrected chi connectivity index (χ4v) is 2.91. The van der Waals surface area contributed by atoms with E-state index >= 15 is 0 Å². The maximum Gasteiger partial charge on any atom is 0.255 e. The van der Waals surface area contributed by atoms with Gasteiger partial charge in [-0.15, -0.1) is 0 Å². The third-order valence-electron chi connectivity index (χ3n) is 4.14. The molecule has 1 aromatic heterocycles. The van der Waals surface area contributed by atoms with Crippen LogP contribution in [0.25, 0.3) is 0 Å². The van der Waals surface area contributed by atoms with Gasteiger partial charge >= 0.3 is 0 Å². The number of carbonyl (C=O) groups is 1. The first-order valence-corrected chi connectivity index (χ1v) is 7.32. The van der Waals surface area contributed by atoms with Gasteiger partial charge in [-0.05, 0) is 59.9 Å². The van der Waals surface area contributed by atoms with Crippen molar-refractivity contribution in [3.05, 3.63) is 24.0 Å². The first kappa shape index (κ1) is 14.2. The van der Waals surface area contributed by atoms with Gasteiger partial charge in [-0.25, -0.2) is 0 Å². The molecule has 1 aliphatic rings. The molecule has 3 heteroatoms. The van der Waals surface area contributed by atoms with Crippen LogP contribution in [-0.2, 0) is 5.54 Å². The van der Waals surface area contributed by atoms with Crippen molar-refractivity contribution in [1.82, 2.24) is 9.47 Å². The lowest BCUT2D eigenvalue weighted by atomic mass is 9.97. The number of piperidine rings is 1. The summed E-state index contributed by atoms with van der Waals surface area (Å²) in [7, 11) is 0. The molecule has 106 valence electrons. The van der Waals surface area contributed by atoms with Gasteiger partial charge in [0.25, 0.3) is 5.91 Å². The maximum absolute atomic E-state index is 12.7. The standard InChI is InChI=1S/C16H26N2O/c1-12-7-6-8-13(2)18(12)15(19)14-9-10-17(11-14)16(3,4)5/h9-13H,6-8H2,1-5H3. The van der Waals surface area contributed by atoms with E-state index in [2.05, 4.69) is 44.1 Å². The topological polar surface area (TPSA) is 25.2 Å². The summed E-state index contributed by atoms with van der Waals surface area (Å²) in [5, 5.41) is 0. The van der Waals surface area contributed by atoms with Crippen LogP contribution in [-0.4, -0.2) is 27.5 Å². The van der Waals surface area contributed by atoms with Gasteiger partial charge < -0.3 is 9.47 Å². The predicted octanol–water partition coefficient (Wildman–Crippen LogP) is 3.65. The highest BCUT2D eigenvalue weighted by Crippen LogP contribution is 2.25. The maximum atomic E-state index is 12.7. The molecule has 0 aliphatic carbocycles. The Hall–Kier alpha value is -1.25.